The lowest BCUT2D eigenvalue weighted by atomic mass is 9.66. The molecule has 0 amide bonds. The first-order chi connectivity index (χ1) is 6.76. The number of rotatable bonds is 1. The van der Waals surface area contributed by atoms with Crippen LogP contribution in [0.25, 0.3) is 0 Å². The third kappa shape index (κ3) is 2.94. The molecule has 2 N–H and O–H groups in total. The summed E-state index contributed by atoms with van der Waals surface area (Å²) < 4.78 is 0. The second-order valence-electron chi connectivity index (χ2n) is 5.44. The van der Waals surface area contributed by atoms with Gasteiger partial charge in [0, 0.05) is 5.57 Å². The molecule has 1 aliphatic rings. The Morgan fingerprint density at radius 2 is 1.93 bits per heavy atom. The van der Waals surface area contributed by atoms with E-state index in [0.717, 1.165) is 24.8 Å². The van der Waals surface area contributed by atoms with E-state index in [1.165, 1.54) is 0 Å². The van der Waals surface area contributed by atoms with Crippen LogP contribution in [-0.4, -0.2) is 21.9 Å². The van der Waals surface area contributed by atoms with Crippen LogP contribution in [-0.2, 0) is 0 Å². The monoisotopic (exact) mass is 210 g/mol. The molecule has 1 aliphatic carbocycles. The van der Waals surface area contributed by atoms with Crippen molar-refractivity contribution < 1.29 is 10.2 Å². The second kappa shape index (κ2) is 4.13. The minimum atomic E-state index is -0.771. The summed E-state index contributed by atoms with van der Waals surface area (Å²) in [6, 6.07) is 0. The fourth-order valence-electron chi connectivity index (χ4n) is 2.41. The van der Waals surface area contributed by atoms with Crippen LogP contribution in [0, 0.1) is 5.41 Å². The maximum Gasteiger partial charge on any atom is 0.0907 e. The van der Waals surface area contributed by atoms with E-state index in [1.54, 1.807) is 13.0 Å². The molecule has 86 valence electrons. The maximum absolute atomic E-state index is 10.3. The molecule has 0 aromatic heterocycles. The Hall–Kier alpha value is -0.560. The predicted molar refractivity (Wildman–Crippen MR) is 61.5 cm³/mol. The number of aliphatic hydroxyl groups excluding tert-OH is 1. The highest BCUT2D eigenvalue weighted by molar-refractivity contribution is 5.24. The molecular formula is C13H22O2. The van der Waals surface area contributed by atoms with Crippen molar-refractivity contribution in [2.45, 2.75) is 58.7 Å². The largest absolute Gasteiger partial charge is 0.389 e. The summed E-state index contributed by atoms with van der Waals surface area (Å²) >= 11 is 0. The van der Waals surface area contributed by atoms with E-state index in [9.17, 15) is 10.2 Å². The van der Waals surface area contributed by atoms with Gasteiger partial charge in [-0.2, -0.15) is 0 Å². The van der Waals surface area contributed by atoms with Gasteiger partial charge in [0.15, 0.2) is 0 Å². The molecule has 0 radical (unpaired) electrons. The normalized spacial score (nSPS) is 32.0. The molecule has 0 heterocycles. The molecule has 2 heteroatoms. The number of hydrogen-bond donors (Lipinski definition) is 2. The Balaban J connectivity index is 3.12. The SMILES string of the molecule is CC(O)C=C=C1C(C)(C)CCCC1(C)O. The van der Waals surface area contributed by atoms with Crippen LogP contribution in [0.2, 0.25) is 0 Å². The van der Waals surface area contributed by atoms with Crippen LogP contribution in [0.5, 0.6) is 0 Å². The lowest BCUT2D eigenvalue weighted by molar-refractivity contribution is 0.0400. The molecule has 1 fully saturated rings. The van der Waals surface area contributed by atoms with Crippen LogP contribution in [0.1, 0.15) is 47.0 Å². The van der Waals surface area contributed by atoms with Crippen LogP contribution in [0.3, 0.4) is 0 Å². The Kier molecular flexibility index (Phi) is 3.44. The Bertz CT molecular complexity index is 274. The smallest absolute Gasteiger partial charge is 0.0907 e. The predicted octanol–water partition coefficient (Wildman–Crippen LogP) is 2.41. The van der Waals surface area contributed by atoms with E-state index in [4.69, 9.17) is 0 Å². The van der Waals surface area contributed by atoms with Crippen molar-refractivity contribution in [3.8, 4) is 0 Å². The fourth-order valence-corrected chi connectivity index (χ4v) is 2.41. The van der Waals surface area contributed by atoms with Gasteiger partial charge in [-0.15, -0.1) is 5.73 Å². The van der Waals surface area contributed by atoms with E-state index in [2.05, 4.69) is 19.6 Å². The van der Waals surface area contributed by atoms with E-state index < -0.39 is 11.7 Å². The summed E-state index contributed by atoms with van der Waals surface area (Å²) in [5.74, 6) is 0. The minimum Gasteiger partial charge on any atom is -0.389 e. The number of hydrogen-bond acceptors (Lipinski definition) is 2. The third-order valence-electron chi connectivity index (χ3n) is 3.15. The summed E-state index contributed by atoms with van der Waals surface area (Å²) in [5.41, 5.74) is 3.22. The van der Waals surface area contributed by atoms with Crippen LogP contribution in [0.4, 0.5) is 0 Å². The summed E-state index contributed by atoms with van der Waals surface area (Å²) in [6.07, 6.45) is 4.01. The average Bonchev–Trinajstić information content (AvgIpc) is 1.99. The first kappa shape index (κ1) is 12.5. The van der Waals surface area contributed by atoms with Crippen LogP contribution in [0.15, 0.2) is 17.4 Å². The van der Waals surface area contributed by atoms with Gasteiger partial charge in [0.2, 0.25) is 0 Å². The van der Waals surface area contributed by atoms with Crippen molar-refractivity contribution >= 4 is 0 Å². The minimum absolute atomic E-state index is 0.0207. The molecule has 0 aliphatic heterocycles. The van der Waals surface area contributed by atoms with Gasteiger partial charge < -0.3 is 10.2 Å². The van der Waals surface area contributed by atoms with Gasteiger partial charge in [0.1, 0.15) is 0 Å². The molecular weight excluding hydrogens is 188 g/mol. The Morgan fingerprint density at radius 3 is 2.40 bits per heavy atom. The van der Waals surface area contributed by atoms with Crippen molar-refractivity contribution in [2.24, 2.45) is 5.41 Å². The maximum atomic E-state index is 10.3. The van der Waals surface area contributed by atoms with Gasteiger partial charge >= 0.3 is 0 Å². The van der Waals surface area contributed by atoms with Gasteiger partial charge in [0.05, 0.1) is 11.7 Å². The topological polar surface area (TPSA) is 40.5 Å². The van der Waals surface area contributed by atoms with Crippen molar-refractivity contribution in [1.82, 2.24) is 0 Å². The van der Waals surface area contributed by atoms with Crippen LogP contribution < -0.4 is 0 Å². The molecule has 0 saturated heterocycles. The molecule has 2 unspecified atom stereocenters. The van der Waals surface area contributed by atoms with Crippen molar-refractivity contribution in [3.05, 3.63) is 17.4 Å². The molecule has 15 heavy (non-hydrogen) atoms. The molecule has 1 rings (SSSR count). The first-order valence-corrected chi connectivity index (χ1v) is 5.64. The molecule has 2 atom stereocenters. The average molecular weight is 210 g/mol. The Labute approximate surface area is 92.3 Å². The number of aliphatic hydroxyl groups is 2. The second-order valence-corrected chi connectivity index (χ2v) is 5.44. The highest BCUT2D eigenvalue weighted by Crippen LogP contribution is 2.44. The van der Waals surface area contributed by atoms with Gasteiger partial charge in [-0.3, -0.25) is 0 Å². The van der Waals surface area contributed by atoms with Gasteiger partial charge in [0.25, 0.3) is 0 Å². The molecule has 2 nitrogen and oxygen atoms in total. The Morgan fingerprint density at radius 1 is 1.33 bits per heavy atom. The quantitative estimate of drug-likeness (QED) is 0.652. The molecule has 0 bridgehead atoms. The first-order valence-electron chi connectivity index (χ1n) is 5.64. The van der Waals surface area contributed by atoms with Gasteiger partial charge in [-0.1, -0.05) is 13.8 Å². The molecule has 1 saturated carbocycles. The molecule has 0 spiro atoms. The molecule has 0 aromatic rings. The summed E-state index contributed by atoms with van der Waals surface area (Å²) in [6.45, 7) is 7.78. The lowest BCUT2D eigenvalue weighted by Gasteiger charge is -2.41. The summed E-state index contributed by atoms with van der Waals surface area (Å²) in [7, 11) is 0. The highest BCUT2D eigenvalue weighted by atomic mass is 16.3. The molecule has 0 aromatic carbocycles. The van der Waals surface area contributed by atoms with Gasteiger partial charge in [-0.05, 0) is 44.6 Å². The standard InChI is InChI=1S/C13H22O2/c1-10(14)6-7-11-12(2,3)8-5-9-13(11,4)15/h6,10,14-15H,5,8-9H2,1-4H3. The zero-order valence-electron chi connectivity index (χ0n) is 10.2. The van der Waals surface area contributed by atoms with E-state index >= 15 is 0 Å². The highest BCUT2D eigenvalue weighted by Gasteiger charge is 2.40. The zero-order valence-corrected chi connectivity index (χ0v) is 10.2. The summed E-state index contributed by atoms with van der Waals surface area (Å²) in [5, 5.41) is 19.5. The van der Waals surface area contributed by atoms with E-state index in [-0.39, 0.29) is 5.41 Å². The van der Waals surface area contributed by atoms with Crippen molar-refractivity contribution in [1.29, 1.82) is 0 Å². The van der Waals surface area contributed by atoms with Crippen LogP contribution >= 0.6 is 0 Å². The van der Waals surface area contributed by atoms with Crippen molar-refractivity contribution in [2.75, 3.05) is 0 Å². The van der Waals surface area contributed by atoms with E-state index in [1.807, 2.05) is 6.92 Å². The van der Waals surface area contributed by atoms with E-state index in [0.29, 0.717) is 0 Å². The summed E-state index contributed by atoms with van der Waals surface area (Å²) in [4.78, 5) is 0. The van der Waals surface area contributed by atoms with Crippen molar-refractivity contribution in [3.63, 3.8) is 0 Å². The van der Waals surface area contributed by atoms with Gasteiger partial charge in [-0.25, -0.2) is 0 Å². The fraction of sp³-hybridized carbons (Fsp3) is 0.769. The zero-order chi connectivity index (χ0) is 11.7. The third-order valence-corrected chi connectivity index (χ3v) is 3.15. The lowest BCUT2D eigenvalue weighted by Crippen LogP contribution is -2.39.